The van der Waals surface area contributed by atoms with Gasteiger partial charge in [-0.1, -0.05) is 218 Å². The second kappa shape index (κ2) is 23.1. The summed E-state index contributed by atoms with van der Waals surface area (Å²) >= 11 is 133. The molecular formula is C46H14Cl20N2O2. The van der Waals surface area contributed by atoms with Gasteiger partial charge in [0.05, 0.1) is 75.9 Å². The minimum absolute atomic E-state index is 0.0109. The van der Waals surface area contributed by atoms with E-state index in [0.29, 0.717) is 0 Å². The third-order valence-electron chi connectivity index (χ3n) is 9.84. The summed E-state index contributed by atoms with van der Waals surface area (Å²) in [5.41, 5.74) is 0.600. The van der Waals surface area contributed by atoms with Gasteiger partial charge in [0.25, 0.3) is 5.91 Å². The van der Waals surface area contributed by atoms with Crippen LogP contribution in [0.3, 0.4) is 0 Å². The van der Waals surface area contributed by atoms with Crippen LogP contribution in [-0.4, -0.2) is 17.5 Å². The number of rotatable bonds is 7. The van der Waals surface area contributed by atoms with Crippen LogP contribution in [0.15, 0.2) is 104 Å². The van der Waals surface area contributed by atoms with Gasteiger partial charge in [0, 0.05) is 66.3 Å². The average molecular weight is 1340 g/mol. The molecule has 0 heterocycles. The van der Waals surface area contributed by atoms with Crippen LogP contribution in [-0.2, 0) is 0 Å². The summed E-state index contributed by atoms with van der Waals surface area (Å²) in [7, 11) is 0. The molecule has 70 heavy (non-hydrogen) atoms. The Morgan fingerprint density at radius 3 is 1.10 bits per heavy atom. The van der Waals surface area contributed by atoms with E-state index in [0.717, 1.165) is 0 Å². The fraction of sp³-hybridized carbons (Fsp3) is 0. The fourth-order valence-corrected chi connectivity index (χ4v) is 13.7. The zero-order chi connectivity index (χ0) is 51.5. The van der Waals surface area contributed by atoms with Crippen LogP contribution in [0.4, 0.5) is 5.69 Å². The fourth-order valence-electron chi connectivity index (χ4n) is 7.06. The first-order valence-electron chi connectivity index (χ1n) is 18.6. The van der Waals surface area contributed by atoms with E-state index in [4.69, 9.17) is 232 Å². The lowest BCUT2D eigenvalue weighted by molar-refractivity contribution is -0.343. The molecular weight excluding hydrogens is 1320 g/mol. The second-order valence-corrected chi connectivity index (χ2v) is 22.4. The standard InChI is InChI=1S/C46H13Cl20N2O2/c47-13-1-19(51)31(20(52)2-13)37(32-21(53)3-14(48)4-22(32)54)35-27(59)9-17(10-28(35)60)67-45(69)39-41(63)40(43(65)44(66)42(39)64)46(70)68-18-11-29(61)36(30(62)12-18)38(33-23(55)5-15(49)6-24(33)56)34-25(57)7-16(50)8-26(34)58/h1-12H,(H,67,69)/q-1/p+1. The number of halogens is 20. The normalized spacial score (nSPS) is 13.8. The van der Waals surface area contributed by atoms with Crippen molar-refractivity contribution in [1.29, 1.82) is 0 Å². The Labute approximate surface area is 498 Å². The van der Waals surface area contributed by atoms with Crippen LogP contribution < -0.4 is 10.3 Å². The zero-order valence-electron chi connectivity index (χ0n) is 33.3. The van der Waals surface area contributed by atoms with Crippen molar-refractivity contribution in [3.8, 4) is 0 Å². The van der Waals surface area contributed by atoms with Crippen LogP contribution in [0.25, 0.3) is 11.1 Å². The molecule has 360 valence electrons. The number of anilines is 1. The number of amides is 2. The maximum absolute atomic E-state index is 14.1. The van der Waals surface area contributed by atoms with Gasteiger partial charge in [-0.3, -0.25) is 4.79 Å². The van der Waals surface area contributed by atoms with E-state index in [1.54, 1.807) is 0 Å². The molecule has 2 aliphatic rings. The van der Waals surface area contributed by atoms with E-state index in [-0.39, 0.29) is 137 Å². The van der Waals surface area contributed by atoms with Crippen molar-refractivity contribution in [2.45, 2.75) is 0 Å². The van der Waals surface area contributed by atoms with Gasteiger partial charge >= 0.3 is 5.91 Å². The first-order valence-corrected chi connectivity index (χ1v) is 26.2. The summed E-state index contributed by atoms with van der Waals surface area (Å²) in [4.78, 5) is 30.9. The van der Waals surface area contributed by atoms with Crippen LogP contribution in [0.5, 0.6) is 0 Å². The van der Waals surface area contributed by atoms with Crippen molar-refractivity contribution in [3.05, 3.63) is 218 Å². The number of nitrogens with one attached hydrogen (secondary N) is 2. The Kier molecular flexibility index (Phi) is 18.7. The van der Waals surface area contributed by atoms with Crippen molar-refractivity contribution in [3.63, 3.8) is 0 Å². The summed E-state index contributed by atoms with van der Waals surface area (Å²) in [5, 5.41) is 2.31. The Bertz CT molecular complexity index is 3200. The van der Waals surface area contributed by atoms with E-state index >= 15 is 0 Å². The second-order valence-electron chi connectivity index (χ2n) is 14.3. The highest BCUT2D eigenvalue weighted by atomic mass is 35.5. The smallest absolute Gasteiger partial charge is 0.322 e. The van der Waals surface area contributed by atoms with Crippen molar-refractivity contribution in [2.75, 3.05) is 5.32 Å². The van der Waals surface area contributed by atoms with E-state index in [9.17, 15) is 9.59 Å². The number of benzene rings is 5. The Morgan fingerprint density at radius 2 is 0.729 bits per heavy atom. The molecule has 24 heteroatoms. The topological polar surface area (TPSA) is 60.1 Å². The zero-order valence-corrected chi connectivity index (χ0v) is 48.4. The lowest BCUT2D eigenvalue weighted by Crippen LogP contribution is -2.77. The Balaban J connectivity index is 1.29. The van der Waals surface area contributed by atoms with Gasteiger partial charge in [0.15, 0.2) is 0 Å². The molecule has 4 nitrogen and oxygen atoms in total. The van der Waals surface area contributed by atoms with E-state index in [2.05, 4.69) is 10.3 Å². The van der Waals surface area contributed by atoms with Gasteiger partial charge in [-0.25, -0.2) is 4.79 Å². The summed E-state index contributed by atoms with van der Waals surface area (Å²) in [6, 6.07) is 11.3. The molecule has 2 N–H and O–H groups in total. The van der Waals surface area contributed by atoms with Crippen molar-refractivity contribution < 1.29 is 14.6 Å². The van der Waals surface area contributed by atoms with Crippen LogP contribution >= 0.6 is 232 Å². The first-order chi connectivity index (χ1) is 32.8. The summed E-state index contributed by atoms with van der Waals surface area (Å²) in [5.74, 6) is -1.95. The molecule has 0 unspecified atom stereocenters. The summed E-state index contributed by atoms with van der Waals surface area (Å²) < 4.78 is 0. The molecule has 0 spiro atoms. The van der Waals surface area contributed by atoms with E-state index in [1.807, 2.05) is 0 Å². The van der Waals surface area contributed by atoms with Gasteiger partial charge in [0.1, 0.15) is 5.56 Å². The maximum Gasteiger partial charge on any atom is 0.421 e. The molecule has 0 fully saturated rings. The quantitative estimate of drug-likeness (QED) is 0.0969. The highest BCUT2D eigenvalue weighted by Crippen LogP contribution is 2.52. The molecule has 0 saturated heterocycles. The Hall–Kier alpha value is -0.980. The minimum atomic E-state index is -0.975. The molecule has 0 atom stereocenters. The molecule has 2 amide bonds. The first kappa shape index (κ1) is 56.7. The van der Waals surface area contributed by atoms with E-state index in [1.165, 1.54) is 72.8 Å². The van der Waals surface area contributed by atoms with Crippen molar-refractivity contribution >= 4 is 266 Å². The van der Waals surface area contributed by atoms with Crippen molar-refractivity contribution in [1.82, 2.24) is 0 Å². The van der Waals surface area contributed by atoms with Crippen LogP contribution in [0.1, 0.15) is 43.0 Å². The van der Waals surface area contributed by atoms with Gasteiger partial charge in [-0.15, -0.1) is 12.2 Å². The summed E-state index contributed by atoms with van der Waals surface area (Å²) in [6.07, 6.45) is 5.57. The number of hydrogen-bond donors (Lipinski definition) is 2. The molecule has 0 bridgehead atoms. The predicted octanol–water partition coefficient (Wildman–Crippen LogP) is 21.0. The largest absolute Gasteiger partial charge is 0.421 e. The van der Waals surface area contributed by atoms with E-state index < -0.39 is 43.0 Å². The lowest BCUT2D eigenvalue weighted by atomic mass is 9.90. The number of carbonyl (C=O) groups excluding carboxylic acids is 2. The van der Waals surface area contributed by atoms with Gasteiger partial charge in [-0.2, -0.15) is 39.8 Å². The third kappa shape index (κ3) is 11.6. The molecule has 0 aliphatic heterocycles. The minimum Gasteiger partial charge on any atom is -0.322 e. The molecule has 5 aromatic carbocycles. The predicted molar refractivity (Wildman–Crippen MR) is 302 cm³/mol. The van der Waals surface area contributed by atoms with Crippen LogP contribution in [0, 0.1) is 5.38 Å². The number of allylic oxidation sites excluding steroid dienone is 10. The monoisotopic (exact) mass is 1330 g/mol. The van der Waals surface area contributed by atoms with Crippen molar-refractivity contribution in [2.24, 2.45) is 0 Å². The van der Waals surface area contributed by atoms with Crippen LogP contribution in [0.2, 0.25) is 75.3 Å². The molecule has 5 aromatic rings. The van der Waals surface area contributed by atoms with Gasteiger partial charge in [0.2, 0.25) is 5.71 Å². The van der Waals surface area contributed by atoms with Gasteiger partial charge in [-0.05, 0) is 54.1 Å². The molecule has 0 saturated carbocycles. The third-order valence-corrected chi connectivity index (χ3v) is 16.0. The van der Waals surface area contributed by atoms with Gasteiger partial charge < -0.3 is 5.32 Å². The molecule has 2 aliphatic carbocycles. The summed E-state index contributed by atoms with van der Waals surface area (Å²) in [6.45, 7) is 0. The lowest BCUT2D eigenvalue weighted by Gasteiger charge is -2.29. The number of carbonyl (C=O) groups is 2. The molecule has 0 radical (unpaired) electrons. The molecule has 7 rings (SSSR count). The SMILES string of the molecule is O=C(Nc1cc(Cl)c(C(=C2C(Cl)=C[C-](Cl)C=C2Cl)c2c(Cl)cc(Cl)cc2Cl)c(Cl)c1)c1c(Cl)c(Cl)c(Cl)c(C(=O)[NH+]=C2C=C(Cl)C(=C(c3c(Cl)cc(Cl)cc3Cl)c3c(Cl)cc(Cl)cc3Cl)C(Cl)=C2)c1Cl. The average Bonchev–Trinajstić information content (AvgIpc) is 3.20. The highest BCUT2D eigenvalue weighted by molar-refractivity contribution is 6.54. The highest BCUT2D eigenvalue weighted by Gasteiger charge is 2.34. The Morgan fingerprint density at radius 1 is 0.400 bits per heavy atom. The number of hydrogen-bond acceptors (Lipinski definition) is 2. The molecule has 0 aromatic heterocycles. The maximum atomic E-state index is 14.1.